The number of thiazole rings is 1. The highest BCUT2D eigenvalue weighted by Crippen LogP contribution is 2.24. The van der Waals surface area contributed by atoms with Gasteiger partial charge in [0.1, 0.15) is 0 Å². The van der Waals surface area contributed by atoms with Crippen molar-refractivity contribution in [1.82, 2.24) is 4.98 Å². The Labute approximate surface area is 144 Å². The van der Waals surface area contributed by atoms with Gasteiger partial charge in [-0.05, 0) is 24.1 Å². The Morgan fingerprint density at radius 2 is 1.73 bits per heavy atom. The summed E-state index contributed by atoms with van der Waals surface area (Å²) in [5.41, 5.74) is 9.02. The lowest BCUT2D eigenvalue weighted by molar-refractivity contribution is 0.922. The molecule has 3 rings (SSSR count). The Balaban J connectivity index is 0.000000172. The fourth-order valence-electron chi connectivity index (χ4n) is 1.97. The molecule has 0 spiro atoms. The normalized spacial score (nSPS) is 9.91. The molecule has 0 unspecified atom stereocenters. The molecular weight excluding hydrogens is 356 g/mol. The van der Waals surface area contributed by atoms with E-state index in [0.29, 0.717) is 5.13 Å². The summed E-state index contributed by atoms with van der Waals surface area (Å²) in [5.74, 6) is 0. The number of aryl methyl sites for hydroxylation is 1. The first kappa shape index (κ1) is 16.7. The van der Waals surface area contributed by atoms with Crippen molar-refractivity contribution in [2.45, 2.75) is 19.8 Å². The summed E-state index contributed by atoms with van der Waals surface area (Å²) in [6.45, 7) is 2.20. The first-order valence-corrected chi connectivity index (χ1v) is 8.87. The molecule has 0 aliphatic rings. The largest absolute Gasteiger partial charge is 0.375 e. The van der Waals surface area contributed by atoms with E-state index in [9.17, 15) is 0 Å². The molecule has 0 fully saturated rings. The van der Waals surface area contributed by atoms with E-state index in [-0.39, 0.29) is 0 Å². The van der Waals surface area contributed by atoms with Crippen molar-refractivity contribution in [3.8, 4) is 11.3 Å². The van der Waals surface area contributed by atoms with Gasteiger partial charge >= 0.3 is 0 Å². The van der Waals surface area contributed by atoms with E-state index in [0.717, 1.165) is 15.7 Å². The van der Waals surface area contributed by atoms with E-state index in [1.807, 2.05) is 29.6 Å². The molecule has 0 saturated heterocycles. The Morgan fingerprint density at radius 1 is 1.05 bits per heavy atom. The maximum Gasteiger partial charge on any atom is 0.180 e. The zero-order valence-electron chi connectivity index (χ0n) is 12.5. The fraction of sp³-hybridized carbons (Fsp3) is 0.167. The Kier molecular flexibility index (Phi) is 6.62. The van der Waals surface area contributed by atoms with Crippen molar-refractivity contribution >= 4 is 32.4 Å². The number of benzene rings is 2. The van der Waals surface area contributed by atoms with E-state index in [2.05, 4.69) is 58.2 Å². The van der Waals surface area contributed by atoms with Gasteiger partial charge in [-0.25, -0.2) is 4.98 Å². The maximum absolute atomic E-state index is 5.54. The molecule has 114 valence electrons. The van der Waals surface area contributed by atoms with Crippen molar-refractivity contribution in [3.63, 3.8) is 0 Å². The van der Waals surface area contributed by atoms with E-state index in [1.165, 1.54) is 29.7 Å². The van der Waals surface area contributed by atoms with Crippen molar-refractivity contribution in [2.75, 3.05) is 5.73 Å². The van der Waals surface area contributed by atoms with Gasteiger partial charge in [0.15, 0.2) is 5.13 Å². The number of aromatic nitrogens is 1. The Morgan fingerprint density at radius 3 is 2.27 bits per heavy atom. The van der Waals surface area contributed by atoms with Gasteiger partial charge < -0.3 is 5.73 Å². The number of nitrogens with zero attached hydrogens (tertiary/aromatic N) is 1. The highest BCUT2D eigenvalue weighted by Gasteiger charge is 2.00. The highest BCUT2D eigenvalue weighted by molar-refractivity contribution is 9.10. The molecule has 2 aromatic carbocycles. The van der Waals surface area contributed by atoms with Crippen molar-refractivity contribution in [1.29, 1.82) is 0 Å². The molecule has 0 radical (unpaired) electrons. The zero-order chi connectivity index (χ0) is 15.8. The van der Waals surface area contributed by atoms with Crippen LogP contribution in [0.5, 0.6) is 0 Å². The minimum Gasteiger partial charge on any atom is -0.375 e. The minimum absolute atomic E-state index is 0.609. The lowest BCUT2D eigenvalue weighted by Crippen LogP contribution is -1.82. The van der Waals surface area contributed by atoms with Crippen molar-refractivity contribution < 1.29 is 0 Å². The first-order valence-electron chi connectivity index (χ1n) is 7.20. The van der Waals surface area contributed by atoms with Crippen LogP contribution in [0, 0.1) is 0 Å². The molecule has 1 aromatic heterocycles. The average molecular weight is 375 g/mol. The molecule has 1 heterocycles. The predicted molar refractivity (Wildman–Crippen MR) is 100 cm³/mol. The van der Waals surface area contributed by atoms with Gasteiger partial charge in [0.2, 0.25) is 0 Å². The Hall–Kier alpha value is -1.65. The average Bonchev–Trinajstić information content (AvgIpc) is 2.97. The van der Waals surface area contributed by atoms with Gasteiger partial charge in [-0.3, -0.25) is 0 Å². The van der Waals surface area contributed by atoms with Gasteiger partial charge in [0, 0.05) is 15.4 Å². The molecule has 0 aliphatic carbocycles. The summed E-state index contributed by atoms with van der Waals surface area (Å²) < 4.78 is 1.07. The van der Waals surface area contributed by atoms with Crippen LogP contribution in [0.4, 0.5) is 5.13 Å². The number of nitrogens with two attached hydrogens (primary N) is 1. The summed E-state index contributed by atoms with van der Waals surface area (Å²) >= 11 is 4.84. The van der Waals surface area contributed by atoms with Crippen LogP contribution in [0.15, 0.2) is 64.5 Å². The van der Waals surface area contributed by atoms with Gasteiger partial charge in [0.25, 0.3) is 0 Å². The third-order valence-electron chi connectivity index (χ3n) is 3.04. The van der Waals surface area contributed by atoms with E-state index < -0.39 is 0 Å². The monoisotopic (exact) mass is 374 g/mol. The molecule has 0 bridgehead atoms. The van der Waals surface area contributed by atoms with E-state index in [4.69, 9.17) is 5.73 Å². The molecule has 4 heteroatoms. The van der Waals surface area contributed by atoms with Crippen molar-refractivity contribution in [3.05, 3.63) is 70.0 Å². The van der Waals surface area contributed by atoms with Gasteiger partial charge in [-0.15, -0.1) is 11.3 Å². The summed E-state index contributed by atoms with van der Waals surface area (Å²) in [7, 11) is 0. The lowest BCUT2D eigenvalue weighted by Gasteiger charge is -1.95. The van der Waals surface area contributed by atoms with Crippen LogP contribution in [0.2, 0.25) is 0 Å². The van der Waals surface area contributed by atoms with E-state index >= 15 is 0 Å². The number of anilines is 1. The van der Waals surface area contributed by atoms with Gasteiger partial charge in [-0.2, -0.15) is 0 Å². The first-order chi connectivity index (χ1) is 10.7. The van der Waals surface area contributed by atoms with Crippen LogP contribution in [-0.4, -0.2) is 4.98 Å². The number of nitrogen functional groups attached to an aromatic ring is 1. The summed E-state index contributed by atoms with van der Waals surface area (Å²) in [4.78, 5) is 4.19. The van der Waals surface area contributed by atoms with Crippen molar-refractivity contribution in [2.24, 2.45) is 0 Å². The predicted octanol–water partition coefficient (Wildman–Crippen LogP) is 5.79. The second-order valence-electron chi connectivity index (χ2n) is 4.81. The topological polar surface area (TPSA) is 38.9 Å². The molecular formula is C18H19BrN2S. The SMILES string of the molecule is CCCc1ccccc1.Nc1nc(-c2ccc(Br)cc2)cs1. The van der Waals surface area contributed by atoms with Crippen LogP contribution >= 0.6 is 27.3 Å². The lowest BCUT2D eigenvalue weighted by atomic mass is 10.1. The van der Waals surface area contributed by atoms with Crippen LogP contribution in [0.25, 0.3) is 11.3 Å². The number of hydrogen-bond donors (Lipinski definition) is 1. The molecule has 22 heavy (non-hydrogen) atoms. The van der Waals surface area contributed by atoms with Crippen LogP contribution in [0.1, 0.15) is 18.9 Å². The quantitative estimate of drug-likeness (QED) is 0.629. The highest BCUT2D eigenvalue weighted by atomic mass is 79.9. The van der Waals surface area contributed by atoms with Gasteiger partial charge in [0.05, 0.1) is 5.69 Å². The molecule has 0 saturated carbocycles. The second-order valence-corrected chi connectivity index (χ2v) is 6.62. The molecule has 2 nitrogen and oxygen atoms in total. The molecule has 0 amide bonds. The second kappa shape index (κ2) is 8.71. The van der Waals surface area contributed by atoms with Crippen LogP contribution in [-0.2, 0) is 6.42 Å². The minimum atomic E-state index is 0.609. The fourth-order valence-corrected chi connectivity index (χ4v) is 2.81. The van der Waals surface area contributed by atoms with Crippen LogP contribution in [0.3, 0.4) is 0 Å². The zero-order valence-corrected chi connectivity index (χ0v) is 14.9. The summed E-state index contributed by atoms with van der Waals surface area (Å²) in [6.07, 6.45) is 2.45. The third-order valence-corrected chi connectivity index (χ3v) is 4.25. The maximum atomic E-state index is 5.54. The number of hydrogen-bond acceptors (Lipinski definition) is 3. The van der Waals surface area contributed by atoms with Crippen LogP contribution < -0.4 is 5.73 Å². The van der Waals surface area contributed by atoms with E-state index in [1.54, 1.807) is 0 Å². The molecule has 3 aromatic rings. The number of rotatable bonds is 3. The summed E-state index contributed by atoms with van der Waals surface area (Å²) in [6, 6.07) is 18.6. The smallest absolute Gasteiger partial charge is 0.180 e. The summed E-state index contributed by atoms with van der Waals surface area (Å²) in [5, 5.41) is 2.57. The Bertz CT molecular complexity index is 678. The molecule has 0 atom stereocenters. The third kappa shape index (κ3) is 5.28. The molecule has 2 N–H and O–H groups in total. The van der Waals surface area contributed by atoms with Gasteiger partial charge in [-0.1, -0.05) is 71.7 Å². The number of halogens is 1. The standard InChI is InChI=1S/C9H7BrN2S.C9H12/c10-7-3-1-6(2-4-7)8-5-13-9(11)12-8;1-2-6-9-7-4-3-5-8-9/h1-5H,(H2,11,12);3-5,7-8H,2,6H2,1H3. The molecule has 0 aliphatic heterocycles.